The van der Waals surface area contributed by atoms with E-state index in [0.717, 1.165) is 12.8 Å². The molecule has 5 nitrogen and oxygen atoms in total. The highest BCUT2D eigenvalue weighted by molar-refractivity contribution is 7.10. The van der Waals surface area contributed by atoms with Crippen molar-refractivity contribution in [3.63, 3.8) is 0 Å². The topological polar surface area (TPSA) is 49.9 Å². The fraction of sp³-hybridized carbons (Fsp3) is 0.267. The van der Waals surface area contributed by atoms with E-state index in [1.54, 1.807) is 34.8 Å². The molecule has 4 aromatic rings. The van der Waals surface area contributed by atoms with Crippen LogP contribution in [0, 0.1) is 0 Å². The Labute approximate surface area is 245 Å². The monoisotopic (exact) mass is 596 g/mol. The molecule has 0 radical (unpaired) electrons. The van der Waals surface area contributed by atoms with Crippen molar-refractivity contribution in [3.05, 3.63) is 113 Å². The molecule has 4 heterocycles. The van der Waals surface area contributed by atoms with E-state index in [-0.39, 0.29) is 0 Å². The van der Waals surface area contributed by atoms with E-state index in [4.69, 9.17) is 27.9 Å². The van der Waals surface area contributed by atoms with E-state index in [1.165, 1.54) is 20.9 Å². The van der Waals surface area contributed by atoms with Gasteiger partial charge in [0.25, 0.3) is 0 Å². The fourth-order valence-electron chi connectivity index (χ4n) is 5.53. The average molecular weight is 598 g/mol. The van der Waals surface area contributed by atoms with Crippen LogP contribution in [-0.2, 0) is 40.3 Å². The van der Waals surface area contributed by atoms with Crippen LogP contribution in [0.5, 0.6) is 0 Å². The third kappa shape index (κ3) is 5.44. The molecule has 0 bridgehead atoms. The van der Waals surface area contributed by atoms with Crippen molar-refractivity contribution in [2.24, 2.45) is 0 Å². The highest BCUT2D eigenvalue weighted by Crippen LogP contribution is 2.37. The maximum Gasteiger partial charge on any atom is 0.335 e. The molecule has 2 aliphatic heterocycles. The van der Waals surface area contributed by atoms with E-state index in [2.05, 4.69) is 32.7 Å². The summed E-state index contributed by atoms with van der Waals surface area (Å²) in [4.78, 5) is 34.6. The Morgan fingerprint density at radius 1 is 0.692 bits per heavy atom. The van der Waals surface area contributed by atoms with Crippen LogP contribution in [0.15, 0.2) is 71.4 Å². The van der Waals surface area contributed by atoms with Gasteiger partial charge in [0, 0.05) is 46.0 Å². The lowest BCUT2D eigenvalue weighted by Gasteiger charge is -2.35. The molecule has 0 fully saturated rings. The van der Waals surface area contributed by atoms with E-state index >= 15 is 0 Å². The number of esters is 2. The van der Waals surface area contributed by atoms with E-state index in [9.17, 15) is 9.59 Å². The molecule has 9 heteroatoms. The second-order valence-corrected chi connectivity index (χ2v) is 12.6. The second kappa shape index (κ2) is 11.5. The van der Waals surface area contributed by atoms with Gasteiger partial charge in [-0.15, -0.1) is 22.7 Å². The molecule has 0 saturated carbocycles. The van der Waals surface area contributed by atoms with Gasteiger partial charge >= 0.3 is 11.9 Å². The number of hydrogen-bond donors (Lipinski definition) is 0. The molecule has 2 aromatic heterocycles. The maximum absolute atomic E-state index is 13.9. The summed E-state index contributed by atoms with van der Waals surface area (Å²) in [5, 5.41) is 5.08. The molecule has 2 atom stereocenters. The molecule has 39 heavy (non-hydrogen) atoms. The first-order valence-electron chi connectivity index (χ1n) is 12.8. The lowest BCUT2D eigenvalue weighted by Crippen LogP contribution is -2.42. The third-order valence-corrected chi connectivity index (χ3v) is 10.2. The first kappa shape index (κ1) is 26.7. The minimum atomic E-state index is -0.813. The molecule has 0 spiro atoms. The molecule has 0 aliphatic carbocycles. The molecular formula is C30H26Cl2N2O3S2. The number of ether oxygens (including phenoxy) is 1. The lowest BCUT2D eigenvalue weighted by molar-refractivity contribution is -0.168. The SMILES string of the molecule is O=C(OC(=O)[C@H](c1ccccc1Cl)N1CCc2sccc2C1)[C@H](c1ccccc1Cl)N1CCc2sccc2C1. The van der Waals surface area contributed by atoms with Gasteiger partial charge in [-0.05, 0) is 70.1 Å². The van der Waals surface area contributed by atoms with Gasteiger partial charge in [0.1, 0.15) is 12.1 Å². The van der Waals surface area contributed by atoms with Gasteiger partial charge in [-0.3, -0.25) is 9.80 Å². The first-order valence-corrected chi connectivity index (χ1v) is 15.3. The van der Waals surface area contributed by atoms with Crippen LogP contribution in [0.1, 0.15) is 44.1 Å². The van der Waals surface area contributed by atoms with Crippen LogP contribution in [0.3, 0.4) is 0 Å². The molecule has 2 aliphatic rings. The Kier molecular flexibility index (Phi) is 7.89. The highest BCUT2D eigenvalue weighted by atomic mass is 35.5. The summed E-state index contributed by atoms with van der Waals surface area (Å²) in [6.45, 7) is 2.49. The van der Waals surface area contributed by atoms with Gasteiger partial charge in [-0.25, -0.2) is 9.59 Å². The Bertz CT molecular complexity index is 1410. The number of carbonyl (C=O) groups is 2. The molecule has 0 unspecified atom stereocenters. The van der Waals surface area contributed by atoms with Crippen molar-refractivity contribution >= 4 is 57.8 Å². The minimum Gasteiger partial charge on any atom is -0.390 e. The molecular weight excluding hydrogens is 571 g/mol. The number of thiophene rings is 2. The zero-order chi connectivity index (χ0) is 26.9. The maximum atomic E-state index is 13.9. The predicted molar refractivity (Wildman–Crippen MR) is 156 cm³/mol. The zero-order valence-electron chi connectivity index (χ0n) is 21.0. The predicted octanol–water partition coefficient (Wildman–Crippen LogP) is 7.09. The number of benzene rings is 2. The van der Waals surface area contributed by atoms with Crippen molar-refractivity contribution in [2.75, 3.05) is 13.1 Å². The largest absolute Gasteiger partial charge is 0.390 e. The van der Waals surface area contributed by atoms with E-state index in [0.29, 0.717) is 47.4 Å². The number of nitrogens with zero attached hydrogens (tertiary/aromatic N) is 2. The van der Waals surface area contributed by atoms with Gasteiger partial charge in [-0.1, -0.05) is 59.6 Å². The summed E-state index contributed by atoms with van der Waals surface area (Å²) in [6, 6.07) is 17.1. The molecule has 6 rings (SSSR count). The number of halogens is 2. The standard InChI is InChI=1S/C30H26Cl2N2O3S2/c31-23-7-3-1-5-21(23)27(33-13-9-25-19(17-33)11-15-38-25)29(35)37-30(36)28(22-6-2-4-8-24(22)32)34-14-10-26-20(18-34)12-16-39-26/h1-8,11-12,15-16,27-28H,9-10,13-14,17-18H2/t27-,28-/m0/s1. The summed E-state index contributed by atoms with van der Waals surface area (Å²) in [6.07, 6.45) is 1.66. The molecule has 0 N–H and O–H groups in total. The van der Waals surface area contributed by atoms with Gasteiger partial charge in [-0.2, -0.15) is 0 Å². The van der Waals surface area contributed by atoms with Crippen molar-refractivity contribution in [3.8, 4) is 0 Å². The van der Waals surface area contributed by atoms with Crippen LogP contribution in [-0.4, -0.2) is 34.8 Å². The highest BCUT2D eigenvalue weighted by Gasteiger charge is 2.39. The number of hydrogen-bond acceptors (Lipinski definition) is 7. The summed E-state index contributed by atoms with van der Waals surface area (Å²) < 4.78 is 5.77. The Morgan fingerprint density at radius 3 is 1.56 bits per heavy atom. The number of rotatable bonds is 6. The summed E-state index contributed by atoms with van der Waals surface area (Å²) in [5.74, 6) is -1.26. The first-order chi connectivity index (χ1) is 19.0. The summed E-state index contributed by atoms with van der Waals surface area (Å²) in [5.41, 5.74) is 3.64. The lowest BCUT2D eigenvalue weighted by atomic mass is 10.00. The molecule has 0 amide bonds. The van der Waals surface area contributed by atoms with Crippen LogP contribution in [0.25, 0.3) is 0 Å². The molecule has 200 valence electrons. The Hall–Kier alpha value is -2.52. The summed E-state index contributed by atoms with van der Waals surface area (Å²) >= 11 is 16.7. The van der Waals surface area contributed by atoms with Crippen molar-refractivity contribution in [1.29, 1.82) is 0 Å². The second-order valence-electron chi connectivity index (χ2n) is 9.77. The van der Waals surface area contributed by atoms with Crippen LogP contribution < -0.4 is 0 Å². The normalized spacial score (nSPS) is 17.2. The smallest absolute Gasteiger partial charge is 0.335 e. The summed E-state index contributed by atoms with van der Waals surface area (Å²) in [7, 11) is 0. The van der Waals surface area contributed by atoms with Crippen molar-refractivity contribution in [2.45, 2.75) is 38.0 Å². The zero-order valence-corrected chi connectivity index (χ0v) is 24.2. The molecule has 2 aromatic carbocycles. The Balaban J connectivity index is 1.31. The van der Waals surface area contributed by atoms with Crippen LogP contribution >= 0.6 is 45.9 Å². The van der Waals surface area contributed by atoms with Gasteiger partial charge in [0.15, 0.2) is 0 Å². The van der Waals surface area contributed by atoms with Gasteiger partial charge in [0.2, 0.25) is 0 Å². The van der Waals surface area contributed by atoms with Crippen LogP contribution in [0.4, 0.5) is 0 Å². The van der Waals surface area contributed by atoms with Crippen LogP contribution in [0.2, 0.25) is 10.0 Å². The quantitative estimate of drug-likeness (QED) is 0.176. The Morgan fingerprint density at radius 2 is 1.13 bits per heavy atom. The number of fused-ring (bicyclic) bond motifs is 2. The van der Waals surface area contributed by atoms with E-state index < -0.39 is 24.0 Å². The van der Waals surface area contributed by atoms with Crippen molar-refractivity contribution in [1.82, 2.24) is 9.80 Å². The van der Waals surface area contributed by atoms with E-state index in [1.807, 2.05) is 36.4 Å². The van der Waals surface area contributed by atoms with Gasteiger partial charge < -0.3 is 4.74 Å². The molecule has 0 saturated heterocycles. The third-order valence-electron chi connectivity index (χ3n) is 7.45. The van der Waals surface area contributed by atoms with Gasteiger partial charge in [0.05, 0.1) is 0 Å². The fourth-order valence-corrected chi connectivity index (χ4v) is 7.79. The minimum absolute atomic E-state index is 0.465. The average Bonchev–Trinajstić information content (AvgIpc) is 3.60. The van der Waals surface area contributed by atoms with Crippen molar-refractivity contribution < 1.29 is 14.3 Å². The number of carbonyl (C=O) groups excluding carboxylic acids is 2.